The predicted molar refractivity (Wildman–Crippen MR) is 51.6 cm³/mol. The van der Waals surface area contributed by atoms with Crippen LogP contribution >= 0.6 is 7.60 Å². The number of carboxylic acids is 1. The Morgan fingerprint density at radius 1 is 1.44 bits per heavy atom. The molecule has 0 aromatic carbocycles. The smallest absolute Gasteiger partial charge is 0.372 e. The number of carbonyl (C=O) groups is 1. The second-order valence-corrected chi connectivity index (χ2v) is 4.49. The average Bonchev–Trinajstić information content (AvgIpc) is 2.58. The van der Waals surface area contributed by atoms with Crippen LogP contribution in [-0.4, -0.2) is 35.2 Å². The summed E-state index contributed by atoms with van der Waals surface area (Å²) >= 11 is 0. The summed E-state index contributed by atoms with van der Waals surface area (Å²) in [5.41, 5.74) is -0.675. The molecule has 0 aliphatic heterocycles. The molecular weight excluding hydrogens is 237 g/mol. The van der Waals surface area contributed by atoms with Crippen LogP contribution in [0.2, 0.25) is 0 Å². The van der Waals surface area contributed by atoms with E-state index in [1.165, 1.54) is 0 Å². The Kier molecular flexibility index (Phi) is 2.27. The molecule has 0 aliphatic carbocycles. The lowest BCUT2D eigenvalue weighted by molar-refractivity contribution is 0.0691. The number of nitrogens with zero attached hydrogens (tertiary/aromatic N) is 3. The molecule has 3 N–H and O–H groups in total. The molecule has 9 heteroatoms. The molecule has 0 unspecified atom stereocenters. The second-order valence-electron chi connectivity index (χ2n) is 2.95. The summed E-state index contributed by atoms with van der Waals surface area (Å²) in [6, 6.07) is 1.11. The van der Waals surface area contributed by atoms with Gasteiger partial charge in [0.15, 0.2) is 5.69 Å². The fraction of sp³-hybridized carbons (Fsp3) is 0. The zero-order chi connectivity index (χ0) is 11.9. The van der Waals surface area contributed by atoms with Crippen molar-refractivity contribution in [2.75, 3.05) is 0 Å². The van der Waals surface area contributed by atoms with Gasteiger partial charge in [0.25, 0.3) is 0 Å². The van der Waals surface area contributed by atoms with Gasteiger partial charge in [-0.05, 0) is 6.07 Å². The summed E-state index contributed by atoms with van der Waals surface area (Å²) < 4.78 is 12.1. The highest BCUT2D eigenvalue weighted by atomic mass is 31.2. The highest BCUT2D eigenvalue weighted by Gasteiger charge is 2.22. The molecule has 0 aliphatic rings. The molecule has 2 heterocycles. The van der Waals surface area contributed by atoms with Crippen molar-refractivity contribution >= 4 is 24.8 Å². The van der Waals surface area contributed by atoms with Crippen LogP contribution in [0.25, 0.3) is 5.78 Å². The minimum Gasteiger partial charge on any atom is -0.476 e. The van der Waals surface area contributed by atoms with E-state index in [1.807, 2.05) is 0 Å². The molecule has 0 fully saturated rings. The summed E-state index contributed by atoms with van der Waals surface area (Å²) in [4.78, 5) is 36.0. The van der Waals surface area contributed by atoms with Crippen molar-refractivity contribution in [3.63, 3.8) is 0 Å². The number of carboxylic acid groups (broad SMARTS) is 1. The third-order valence-electron chi connectivity index (χ3n) is 1.87. The molecule has 2 aromatic heterocycles. The third kappa shape index (κ3) is 1.69. The zero-order valence-electron chi connectivity index (χ0n) is 7.68. The number of aromatic nitrogens is 3. The molecule has 0 radical (unpaired) electrons. The number of hydrogen-bond donors (Lipinski definition) is 3. The number of aromatic carboxylic acids is 1. The molecular formula is C7H6N3O5P. The summed E-state index contributed by atoms with van der Waals surface area (Å²) in [5.74, 6) is -1.36. The van der Waals surface area contributed by atoms with Gasteiger partial charge >= 0.3 is 13.6 Å². The SMILES string of the molecule is O=C(O)c1cn2c(P(=O)(O)O)ccnc2n1. The molecule has 16 heavy (non-hydrogen) atoms. The number of fused-ring (bicyclic) bond motifs is 1. The van der Waals surface area contributed by atoms with E-state index in [1.54, 1.807) is 0 Å². The van der Waals surface area contributed by atoms with E-state index in [2.05, 4.69) is 9.97 Å². The van der Waals surface area contributed by atoms with Crippen molar-refractivity contribution in [2.24, 2.45) is 0 Å². The predicted octanol–water partition coefficient (Wildman–Crippen LogP) is -0.770. The summed E-state index contributed by atoms with van der Waals surface area (Å²) in [6.45, 7) is 0. The fourth-order valence-corrected chi connectivity index (χ4v) is 1.91. The summed E-state index contributed by atoms with van der Waals surface area (Å²) in [7, 11) is -4.49. The Morgan fingerprint density at radius 2 is 2.12 bits per heavy atom. The van der Waals surface area contributed by atoms with Crippen LogP contribution in [-0.2, 0) is 4.57 Å². The van der Waals surface area contributed by atoms with E-state index in [-0.39, 0.29) is 16.9 Å². The Hall–Kier alpha value is -1.76. The first-order chi connectivity index (χ1) is 7.39. The van der Waals surface area contributed by atoms with Crippen molar-refractivity contribution in [1.29, 1.82) is 0 Å². The Bertz CT molecular complexity index is 616. The zero-order valence-corrected chi connectivity index (χ0v) is 8.57. The van der Waals surface area contributed by atoms with Gasteiger partial charge in [-0.2, -0.15) is 0 Å². The van der Waals surface area contributed by atoms with E-state index in [4.69, 9.17) is 14.9 Å². The Balaban J connectivity index is 2.78. The van der Waals surface area contributed by atoms with Gasteiger partial charge in [0.05, 0.1) is 0 Å². The van der Waals surface area contributed by atoms with Gasteiger partial charge in [-0.25, -0.2) is 14.8 Å². The topological polar surface area (TPSA) is 125 Å². The minimum absolute atomic E-state index is 0.0711. The highest BCUT2D eigenvalue weighted by Crippen LogP contribution is 2.32. The van der Waals surface area contributed by atoms with Crippen LogP contribution in [0.1, 0.15) is 10.5 Å². The lowest BCUT2D eigenvalue weighted by atomic mass is 10.5. The number of hydrogen-bond acceptors (Lipinski definition) is 4. The molecule has 0 bridgehead atoms. The van der Waals surface area contributed by atoms with E-state index in [0.29, 0.717) is 0 Å². The van der Waals surface area contributed by atoms with E-state index >= 15 is 0 Å². The van der Waals surface area contributed by atoms with Crippen LogP contribution in [0.5, 0.6) is 0 Å². The normalized spacial score (nSPS) is 11.9. The molecule has 0 saturated heterocycles. The first-order valence-electron chi connectivity index (χ1n) is 4.03. The molecule has 84 valence electrons. The Morgan fingerprint density at radius 3 is 2.69 bits per heavy atom. The van der Waals surface area contributed by atoms with Gasteiger partial charge < -0.3 is 14.9 Å². The molecule has 8 nitrogen and oxygen atoms in total. The standard InChI is InChI=1S/C7H6N3O5P/c11-6(12)4-3-10-5(16(13,14)15)1-2-8-7(10)9-4/h1-3H,(H,11,12)(H2,13,14,15). The van der Waals surface area contributed by atoms with Crippen LogP contribution in [0.4, 0.5) is 0 Å². The number of rotatable bonds is 2. The van der Waals surface area contributed by atoms with Crippen molar-refractivity contribution in [3.8, 4) is 0 Å². The quantitative estimate of drug-likeness (QED) is 0.591. The molecule has 0 atom stereocenters. The summed E-state index contributed by atoms with van der Waals surface area (Å²) in [5, 5.41) is 8.68. The van der Waals surface area contributed by atoms with Gasteiger partial charge in [0, 0.05) is 12.4 Å². The van der Waals surface area contributed by atoms with Crippen LogP contribution < -0.4 is 5.44 Å². The van der Waals surface area contributed by atoms with Gasteiger partial charge in [0.1, 0.15) is 5.44 Å². The molecule has 0 amide bonds. The molecule has 0 saturated carbocycles. The van der Waals surface area contributed by atoms with E-state index in [0.717, 1.165) is 22.9 Å². The van der Waals surface area contributed by atoms with Crippen LogP contribution in [0.3, 0.4) is 0 Å². The largest absolute Gasteiger partial charge is 0.476 e. The average molecular weight is 243 g/mol. The lowest BCUT2D eigenvalue weighted by Gasteiger charge is -2.05. The number of imidazole rings is 1. The van der Waals surface area contributed by atoms with Crippen molar-refractivity contribution in [3.05, 3.63) is 24.2 Å². The highest BCUT2D eigenvalue weighted by molar-refractivity contribution is 7.60. The maximum absolute atomic E-state index is 11.1. The van der Waals surface area contributed by atoms with Gasteiger partial charge in [-0.3, -0.25) is 8.97 Å². The van der Waals surface area contributed by atoms with Crippen molar-refractivity contribution in [2.45, 2.75) is 0 Å². The van der Waals surface area contributed by atoms with Crippen molar-refractivity contribution in [1.82, 2.24) is 14.4 Å². The second kappa shape index (κ2) is 3.38. The van der Waals surface area contributed by atoms with E-state index in [9.17, 15) is 9.36 Å². The van der Waals surface area contributed by atoms with Crippen molar-refractivity contribution < 1.29 is 24.3 Å². The first kappa shape index (κ1) is 10.7. The van der Waals surface area contributed by atoms with E-state index < -0.39 is 13.6 Å². The lowest BCUT2D eigenvalue weighted by Crippen LogP contribution is -2.14. The van der Waals surface area contributed by atoms with Gasteiger partial charge in [0.2, 0.25) is 5.78 Å². The Labute approximate surface area is 88.4 Å². The third-order valence-corrected chi connectivity index (χ3v) is 2.83. The summed E-state index contributed by atoms with van der Waals surface area (Å²) in [6.07, 6.45) is 2.17. The first-order valence-corrected chi connectivity index (χ1v) is 5.64. The molecule has 2 rings (SSSR count). The monoisotopic (exact) mass is 243 g/mol. The maximum Gasteiger partial charge on any atom is 0.372 e. The molecule has 2 aromatic rings. The molecule has 0 spiro atoms. The maximum atomic E-state index is 11.1. The minimum atomic E-state index is -4.49. The van der Waals surface area contributed by atoms with Gasteiger partial charge in [-0.15, -0.1) is 0 Å². The van der Waals surface area contributed by atoms with Crippen LogP contribution in [0.15, 0.2) is 18.5 Å². The van der Waals surface area contributed by atoms with Crippen LogP contribution in [0, 0.1) is 0 Å². The fourth-order valence-electron chi connectivity index (χ4n) is 1.22. The van der Waals surface area contributed by atoms with Gasteiger partial charge in [-0.1, -0.05) is 0 Å².